The molecule has 104 valence electrons. The maximum absolute atomic E-state index is 12.0. The summed E-state index contributed by atoms with van der Waals surface area (Å²) in [4.78, 5) is 13.7. The highest BCUT2D eigenvalue weighted by atomic mass is 16.6. The normalized spacial score (nSPS) is 23.2. The third kappa shape index (κ3) is 3.70. The van der Waals surface area contributed by atoms with Crippen LogP contribution in [0.1, 0.15) is 25.3 Å². The highest BCUT2D eigenvalue weighted by molar-refractivity contribution is 5.68. The predicted molar refractivity (Wildman–Crippen MR) is 72.6 cm³/mol. The van der Waals surface area contributed by atoms with Crippen molar-refractivity contribution >= 4 is 6.09 Å². The molecule has 1 amide bonds. The van der Waals surface area contributed by atoms with E-state index in [0.29, 0.717) is 12.5 Å². The molecule has 0 saturated carbocycles. The fourth-order valence-electron chi connectivity index (χ4n) is 2.47. The first-order chi connectivity index (χ1) is 9.20. The van der Waals surface area contributed by atoms with E-state index in [1.807, 2.05) is 30.3 Å². The van der Waals surface area contributed by atoms with E-state index in [0.717, 1.165) is 18.4 Å². The van der Waals surface area contributed by atoms with E-state index < -0.39 is 0 Å². The Hall–Kier alpha value is -1.55. The number of hydrogen-bond donors (Lipinski definition) is 1. The third-order valence-electron chi connectivity index (χ3n) is 3.63. The molecule has 19 heavy (non-hydrogen) atoms. The molecule has 0 aliphatic carbocycles. The number of hydrogen-bond acceptors (Lipinski definition) is 3. The van der Waals surface area contributed by atoms with E-state index in [2.05, 4.69) is 6.92 Å². The number of likely N-dealkylation sites (tertiary alicyclic amines) is 1. The Labute approximate surface area is 114 Å². The summed E-state index contributed by atoms with van der Waals surface area (Å²) in [5.74, 6) is 0.551. The van der Waals surface area contributed by atoms with Gasteiger partial charge < -0.3 is 14.7 Å². The molecule has 0 bridgehead atoms. The molecule has 0 spiro atoms. The summed E-state index contributed by atoms with van der Waals surface area (Å²) in [5.41, 5.74) is 0.974. The molecule has 1 aliphatic heterocycles. The Balaban J connectivity index is 1.88. The van der Waals surface area contributed by atoms with Gasteiger partial charge in [0.25, 0.3) is 0 Å². The molecule has 2 rings (SSSR count). The molecule has 0 aromatic heterocycles. The van der Waals surface area contributed by atoms with Gasteiger partial charge in [0.15, 0.2) is 0 Å². The quantitative estimate of drug-likeness (QED) is 0.911. The first-order valence-electron chi connectivity index (χ1n) is 6.79. The second-order valence-corrected chi connectivity index (χ2v) is 5.20. The first kappa shape index (κ1) is 13.9. The Bertz CT molecular complexity index is 407. The van der Waals surface area contributed by atoms with Crippen LogP contribution >= 0.6 is 0 Å². The summed E-state index contributed by atoms with van der Waals surface area (Å²) in [5, 5.41) is 9.36. The molecule has 0 unspecified atom stereocenters. The zero-order valence-corrected chi connectivity index (χ0v) is 11.3. The zero-order chi connectivity index (χ0) is 13.7. The molecule has 2 atom stereocenters. The predicted octanol–water partition coefficient (Wildman–Crippen LogP) is 2.42. The Morgan fingerprint density at radius 1 is 1.42 bits per heavy atom. The molecule has 1 N–H and O–H groups in total. The number of carbonyl (C=O) groups excluding carboxylic acids is 1. The number of benzene rings is 1. The minimum absolute atomic E-state index is 0.00474. The van der Waals surface area contributed by atoms with Crippen LogP contribution in [-0.2, 0) is 11.3 Å². The van der Waals surface area contributed by atoms with Crippen LogP contribution < -0.4 is 0 Å². The molecule has 1 aromatic carbocycles. The second kappa shape index (κ2) is 6.57. The van der Waals surface area contributed by atoms with Gasteiger partial charge >= 0.3 is 6.09 Å². The number of aliphatic hydroxyl groups is 1. The van der Waals surface area contributed by atoms with Crippen LogP contribution in [0.3, 0.4) is 0 Å². The van der Waals surface area contributed by atoms with E-state index in [9.17, 15) is 9.90 Å². The lowest BCUT2D eigenvalue weighted by atomic mass is 9.93. The molecule has 1 saturated heterocycles. The summed E-state index contributed by atoms with van der Waals surface area (Å²) in [7, 11) is 0. The van der Waals surface area contributed by atoms with E-state index in [-0.39, 0.29) is 25.3 Å². The van der Waals surface area contributed by atoms with Gasteiger partial charge in [0.2, 0.25) is 0 Å². The van der Waals surface area contributed by atoms with E-state index in [4.69, 9.17) is 4.74 Å². The summed E-state index contributed by atoms with van der Waals surface area (Å²) in [6, 6.07) is 9.51. The lowest BCUT2D eigenvalue weighted by Crippen LogP contribution is -2.47. The third-order valence-corrected chi connectivity index (χ3v) is 3.63. The van der Waals surface area contributed by atoms with Crippen molar-refractivity contribution in [1.82, 2.24) is 4.90 Å². The molecule has 1 aromatic rings. The highest BCUT2D eigenvalue weighted by Gasteiger charge is 2.30. The summed E-state index contributed by atoms with van der Waals surface area (Å²) in [6.45, 7) is 3.10. The Kier molecular flexibility index (Phi) is 4.80. The van der Waals surface area contributed by atoms with Crippen LogP contribution in [0.25, 0.3) is 0 Å². The second-order valence-electron chi connectivity index (χ2n) is 5.20. The van der Waals surface area contributed by atoms with Crippen LogP contribution in [0, 0.1) is 5.92 Å². The van der Waals surface area contributed by atoms with E-state index in [1.165, 1.54) is 0 Å². The van der Waals surface area contributed by atoms with Gasteiger partial charge in [-0.3, -0.25) is 0 Å². The maximum atomic E-state index is 12.0. The van der Waals surface area contributed by atoms with Crippen LogP contribution in [-0.4, -0.2) is 35.3 Å². The number of amides is 1. The summed E-state index contributed by atoms with van der Waals surface area (Å²) < 4.78 is 5.31. The average Bonchev–Trinajstić information content (AvgIpc) is 2.45. The molecule has 1 heterocycles. The monoisotopic (exact) mass is 263 g/mol. The van der Waals surface area contributed by atoms with Crippen molar-refractivity contribution in [2.24, 2.45) is 5.92 Å². The van der Waals surface area contributed by atoms with Crippen molar-refractivity contribution in [2.45, 2.75) is 32.4 Å². The largest absolute Gasteiger partial charge is 0.445 e. The average molecular weight is 263 g/mol. The number of nitrogens with zero attached hydrogens (tertiary/aromatic N) is 1. The standard InChI is InChI=1S/C15H21NO3/c1-12-7-8-16(14(9-12)10-17)15(18)19-11-13-5-3-2-4-6-13/h2-6,12,14,17H,7-11H2,1H3/t12-,14+/m1/s1. The Morgan fingerprint density at radius 3 is 2.84 bits per heavy atom. The molecule has 1 aliphatic rings. The molecule has 4 heteroatoms. The molecule has 0 radical (unpaired) electrons. The fraction of sp³-hybridized carbons (Fsp3) is 0.533. The van der Waals surface area contributed by atoms with Gasteiger partial charge in [-0.2, -0.15) is 0 Å². The van der Waals surface area contributed by atoms with Crippen LogP contribution in [0.4, 0.5) is 4.79 Å². The molecular formula is C15H21NO3. The smallest absolute Gasteiger partial charge is 0.410 e. The zero-order valence-electron chi connectivity index (χ0n) is 11.3. The molecule has 1 fully saturated rings. The van der Waals surface area contributed by atoms with Gasteiger partial charge in [-0.1, -0.05) is 37.3 Å². The van der Waals surface area contributed by atoms with Gasteiger partial charge in [-0.05, 0) is 24.3 Å². The summed E-state index contributed by atoms with van der Waals surface area (Å²) >= 11 is 0. The fourth-order valence-corrected chi connectivity index (χ4v) is 2.47. The van der Waals surface area contributed by atoms with Crippen LogP contribution in [0.15, 0.2) is 30.3 Å². The van der Waals surface area contributed by atoms with E-state index >= 15 is 0 Å². The van der Waals surface area contributed by atoms with E-state index in [1.54, 1.807) is 4.90 Å². The number of piperidine rings is 1. The minimum Gasteiger partial charge on any atom is -0.445 e. The highest BCUT2D eigenvalue weighted by Crippen LogP contribution is 2.23. The van der Waals surface area contributed by atoms with Crippen LogP contribution in [0.2, 0.25) is 0 Å². The topological polar surface area (TPSA) is 49.8 Å². The van der Waals surface area contributed by atoms with Crippen molar-refractivity contribution in [3.8, 4) is 0 Å². The van der Waals surface area contributed by atoms with Crippen molar-refractivity contribution in [1.29, 1.82) is 0 Å². The number of carbonyl (C=O) groups is 1. The van der Waals surface area contributed by atoms with Crippen LogP contribution in [0.5, 0.6) is 0 Å². The van der Waals surface area contributed by atoms with Crippen molar-refractivity contribution < 1.29 is 14.6 Å². The van der Waals surface area contributed by atoms with Gasteiger partial charge in [-0.25, -0.2) is 4.79 Å². The minimum atomic E-state index is -0.324. The van der Waals surface area contributed by atoms with Gasteiger partial charge in [-0.15, -0.1) is 0 Å². The lowest BCUT2D eigenvalue weighted by molar-refractivity contribution is 0.0396. The lowest BCUT2D eigenvalue weighted by Gasteiger charge is -2.36. The number of ether oxygens (including phenoxy) is 1. The SMILES string of the molecule is C[C@@H]1CCN(C(=O)OCc2ccccc2)[C@H](CO)C1. The van der Waals surface area contributed by atoms with Crippen molar-refractivity contribution in [3.05, 3.63) is 35.9 Å². The van der Waals surface area contributed by atoms with Gasteiger partial charge in [0.05, 0.1) is 12.6 Å². The van der Waals surface area contributed by atoms with Crippen molar-refractivity contribution in [2.75, 3.05) is 13.2 Å². The Morgan fingerprint density at radius 2 is 2.16 bits per heavy atom. The molecule has 4 nitrogen and oxygen atoms in total. The molecular weight excluding hydrogens is 242 g/mol. The van der Waals surface area contributed by atoms with Gasteiger partial charge in [0, 0.05) is 6.54 Å². The summed E-state index contributed by atoms with van der Waals surface area (Å²) in [6.07, 6.45) is 1.49. The van der Waals surface area contributed by atoms with Gasteiger partial charge in [0.1, 0.15) is 6.61 Å². The first-order valence-corrected chi connectivity index (χ1v) is 6.79. The maximum Gasteiger partial charge on any atom is 0.410 e. The number of aliphatic hydroxyl groups excluding tert-OH is 1. The van der Waals surface area contributed by atoms with Crippen molar-refractivity contribution in [3.63, 3.8) is 0 Å². The number of rotatable bonds is 3.